The normalized spacial score (nSPS) is 18.2. The minimum Gasteiger partial charge on any atom is -0.351 e. The van der Waals surface area contributed by atoms with Crippen LogP contribution < -0.4 is 10.7 Å². The molecule has 1 aromatic heterocycles. The van der Waals surface area contributed by atoms with Gasteiger partial charge in [0, 0.05) is 6.54 Å². The molecule has 2 N–H and O–H groups in total. The number of carbonyl (C=O) groups is 1. The summed E-state index contributed by atoms with van der Waals surface area (Å²) in [7, 11) is 0. The third-order valence-corrected chi connectivity index (χ3v) is 6.10. The standard InChI is InChI=1S/C21H23N5OS/c1-13-4-8-16(9-5-13)12-22-20(27)19-18(17-10-6-14(2)7-11-17)25-26-15(3)23-24-21(26)28-19/h4-11,18-19,25H,12H2,1-3H3,(H,22,27)/t18-,19+/m1/s1. The van der Waals surface area contributed by atoms with E-state index in [0.717, 1.165) is 17.0 Å². The van der Waals surface area contributed by atoms with Crippen LogP contribution in [0.25, 0.3) is 0 Å². The first-order chi connectivity index (χ1) is 13.5. The second-order valence-electron chi connectivity index (χ2n) is 7.12. The number of fused-ring (bicyclic) bond motifs is 1. The number of aryl methyl sites for hydroxylation is 3. The number of benzene rings is 2. The van der Waals surface area contributed by atoms with Gasteiger partial charge < -0.3 is 10.7 Å². The largest absolute Gasteiger partial charge is 0.351 e. The van der Waals surface area contributed by atoms with Gasteiger partial charge in [0.05, 0.1) is 6.04 Å². The minimum absolute atomic E-state index is 0.0180. The highest BCUT2D eigenvalue weighted by Gasteiger charge is 2.37. The molecule has 0 spiro atoms. The Morgan fingerprint density at radius 3 is 2.36 bits per heavy atom. The average molecular weight is 394 g/mol. The molecule has 0 fully saturated rings. The number of rotatable bonds is 4. The van der Waals surface area contributed by atoms with Gasteiger partial charge >= 0.3 is 0 Å². The Hall–Kier alpha value is -2.80. The molecular weight excluding hydrogens is 370 g/mol. The zero-order valence-electron chi connectivity index (χ0n) is 16.1. The highest BCUT2D eigenvalue weighted by Crippen LogP contribution is 2.37. The molecule has 6 nitrogen and oxygen atoms in total. The summed E-state index contributed by atoms with van der Waals surface area (Å²) < 4.78 is 1.86. The van der Waals surface area contributed by atoms with Crippen LogP contribution in [-0.4, -0.2) is 26.0 Å². The molecule has 4 rings (SSSR count). The highest BCUT2D eigenvalue weighted by atomic mass is 32.2. The monoisotopic (exact) mass is 393 g/mol. The molecule has 3 aromatic rings. The third kappa shape index (κ3) is 3.75. The Bertz CT molecular complexity index is 981. The first-order valence-electron chi connectivity index (χ1n) is 9.26. The van der Waals surface area contributed by atoms with Crippen LogP contribution in [0.2, 0.25) is 0 Å². The molecule has 0 saturated heterocycles. The molecule has 0 aliphatic carbocycles. The van der Waals surface area contributed by atoms with E-state index in [1.54, 1.807) is 0 Å². The van der Waals surface area contributed by atoms with E-state index in [9.17, 15) is 4.79 Å². The second-order valence-corrected chi connectivity index (χ2v) is 8.23. The Kier molecular flexibility index (Phi) is 5.09. The van der Waals surface area contributed by atoms with Crippen LogP contribution in [0.4, 0.5) is 0 Å². The van der Waals surface area contributed by atoms with E-state index in [1.807, 2.05) is 23.7 Å². The van der Waals surface area contributed by atoms with Gasteiger partial charge in [-0.05, 0) is 31.9 Å². The van der Waals surface area contributed by atoms with Crippen molar-refractivity contribution >= 4 is 17.7 Å². The van der Waals surface area contributed by atoms with Crippen LogP contribution in [0.5, 0.6) is 0 Å². The first kappa shape index (κ1) is 18.6. The SMILES string of the molecule is Cc1ccc(CNC(=O)[C@H]2Sc3nnc(C)n3N[C@@H]2c2ccc(C)cc2)cc1. The molecule has 1 aliphatic rings. The fraction of sp³-hybridized carbons (Fsp3) is 0.286. The molecule has 7 heteroatoms. The van der Waals surface area contributed by atoms with Crippen LogP contribution in [0.3, 0.4) is 0 Å². The summed E-state index contributed by atoms with van der Waals surface area (Å²) in [6.07, 6.45) is 0. The van der Waals surface area contributed by atoms with Crippen LogP contribution in [0.15, 0.2) is 53.7 Å². The molecule has 2 atom stereocenters. The van der Waals surface area contributed by atoms with Gasteiger partial charge in [0.2, 0.25) is 11.1 Å². The zero-order chi connectivity index (χ0) is 19.7. The number of amides is 1. The van der Waals surface area contributed by atoms with Crippen molar-refractivity contribution in [1.82, 2.24) is 20.2 Å². The molecule has 2 heterocycles. The summed E-state index contributed by atoms with van der Waals surface area (Å²) in [5, 5.41) is 11.8. The molecule has 1 amide bonds. The molecule has 28 heavy (non-hydrogen) atoms. The van der Waals surface area contributed by atoms with E-state index in [1.165, 1.54) is 22.9 Å². The van der Waals surface area contributed by atoms with E-state index in [-0.39, 0.29) is 17.2 Å². The molecule has 0 unspecified atom stereocenters. The quantitative estimate of drug-likeness (QED) is 0.712. The lowest BCUT2D eigenvalue weighted by Crippen LogP contribution is -2.44. The van der Waals surface area contributed by atoms with Gasteiger partial charge in [0.15, 0.2) is 0 Å². The summed E-state index contributed by atoms with van der Waals surface area (Å²) in [5.74, 6) is 0.758. The summed E-state index contributed by atoms with van der Waals surface area (Å²) in [6.45, 7) is 6.51. The van der Waals surface area contributed by atoms with Crippen LogP contribution in [0, 0.1) is 20.8 Å². The van der Waals surface area contributed by atoms with E-state index in [2.05, 4.69) is 71.2 Å². The highest BCUT2D eigenvalue weighted by molar-refractivity contribution is 8.00. The number of hydrogen-bond acceptors (Lipinski definition) is 5. The van der Waals surface area contributed by atoms with Crippen LogP contribution >= 0.6 is 11.8 Å². The van der Waals surface area contributed by atoms with E-state index >= 15 is 0 Å². The summed E-state index contributed by atoms with van der Waals surface area (Å²) >= 11 is 1.45. The fourth-order valence-electron chi connectivity index (χ4n) is 3.18. The maximum Gasteiger partial charge on any atom is 0.236 e. The maximum atomic E-state index is 13.1. The van der Waals surface area contributed by atoms with Crippen LogP contribution in [0.1, 0.15) is 34.1 Å². The van der Waals surface area contributed by atoms with Gasteiger partial charge in [-0.2, -0.15) is 0 Å². The first-order valence-corrected chi connectivity index (χ1v) is 10.1. The van der Waals surface area contributed by atoms with Gasteiger partial charge in [-0.25, -0.2) is 4.68 Å². The molecular formula is C21H23N5OS. The van der Waals surface area contributed by atoms with Crippen molar-refractivity contribution < 1.29 is 4.79 Å². The van der Waals surface area contributed by atoms with Gasteiger partial charge in [0.1, 0.15) is 11.1 Å². The topological polar surface area (TPSA) is 71.8 Å². The van der Waals surface area contributed by atoms with Crippen molar-refractivity contribution in [3.63, 3.8) is 0 Å². The molecule has 0 bridgehead atoms. The number of thioether (sulfide) groups is 1. The van der Waals surface area contributed by atoms with Crippen molar-refractivity contribution in [3.05, 3.63) is 76.6 Å². The van der Waals surface area contributed by atoms with Gasteiger partial charge in [-0.1, -0.05) is 71.4 Å². The van der Waals surface area contributed by atoms with Crippen molar-refractivity contribution in [2.45, 2.75) is 43.8 Å². The lowest BCUT2D eigenvalue weighted by molar-refractivity contribution is -0.121. The van der Waals surface area contributed by atoms with Crippen molar-refractivity contribution in [2.75, 3.05) is 5.43 Å². The number of nitrogens with zero attached hydrogens (tertiary/aromatic N) is 3. The van der Waals surface area contributed by atoms with E-state index in [0.29, 0.717) is 11.7 Å². The molecule has 0 radical (unpaired) electrons. The molecule has 2 aromatic carbocycles. The minimum atomic E-state index is -0.343. The Morgan fingerprint density at radius 1 is 1.04 bits per heavy atom. The van der Waals surface area contributed by atoms with Crippen molar-refractivity contribution in [2.24, 2.45) is 0 Å². The number of carbonyl (C=O) groups excluding carboxylic acids is 1. The van der Waals surface area contributed by atoms with E-state index < -0.39 is 0 Å². The molecule has 0 saturated carbocycles. The average Bonchev–Trinajstić information content (AvgIpc) is 3.07. The summed E-state index contributed by atoms with van der Waals surface area (Å²) in [4.78, 5) is 13.1. The van der Waals surface area contributed by atoms with Crippen LogP contribution in [-0.2, 0) is 11.3 Å². The van der Waals surface area contributed by atoms with E-state index in [4.69, 9.17) is 0 Å². The lowest BCUT2D eigenvalue weighted by Gasteiger charge is -2.32. The predicted molar refractivity (Wildman–Crippen MR) is 111 cm³/mol. The van der Waals surface area contributed by atoms with Gasteiger partial charge in [-0.15, -0.1) is 10.2 Å². The summed E-state index contributed by atoms with van der Waals surface area (Å²) in [5.41, 5.74) is 7.97. The third-order valence-electron chi connectivity index (χ3n) is 4.88. The Balaban J connectivity index is 1.57. The number of nitrogens with one attached hydrogen (secondary N) is 2. The second kappa shape index (κ2) is 7.67. The lowest BCUT2D eigenvalue weighted by atomic mass is 10.0. The number of aromatic nitrogens is 3. The van der Waals surface area contributed by atoms with Crippen molar-refractivity contribution in [3.8, 4) is 0 Å². The Morgan fingerprint density at radius 2 is 1.68 bits per heavy atom. The van der Waals surface area contributed by atoms with Gasteiger partial charge in [0.25, 0.3) is 0 Å². The van der Waals surface area contributed by atoms with Gasteiger partial charge in [-0.3, -0.25) is 4.79 Å². The predicted octanol–water partition coefficient (Wildman–Crippen LogP) is 3.28. The summed E-state index contributed by atoms with van der Waals surface area (Å²) in [6, 6.07) is 16.3. The van der Waals surface area contributed by atoms with Crippen molar-refractivity contribution in [1.29, 1.82) is 0 Å². The molecule has 144 valence electrons. The zero-order valence-corrected chi connectivity index (χ0v) is 17.0. The fourth-order valence-corrected chi connectivity index (χ4v) is 4.33. The maximum absolute atomic E-state index is 13.1. The molecule has 1 aliphatic heterocycles. The number of hydrogen-bond donors (Lipinski definition) is 2. The Labute approximate surface area is 168 Å². The smallest absolute Gasteiger partial charge is 0.236 e.